The SMILES string of the molecule is CC1=C(c2nc(-c3ccc(F)cc3)no2)C(c2ccccc2)NC(=S)N1CCc1cccs1. The van der Waals surface area contributed by atoms with Gasteiger partial charge in [0.25, 0.3) is 5.89 Å². The Hall–Kier alpha value is -3.36. The Morgan fingerprint density at radius 1 is 1.09 bits per heavy atom. The molecule has 0 radical (unpaired) electrons. The maximum Gasteiger partial charge on any atom is 0.258 e. The fraction of sp³-hybridized carbons (Fsp3) is 0.160. The molecule has 5 rings (SSSR count). The molecule has 1 atom stereocenters. The van der Waals surface area contributed by atoms with Gasteiger partial charge >= 0.3 is 0 Å². The summed E-state index contributed by atoms with van der Waals surface area (Å²) in [6.45, 7) is 2.77. The minimum absolute atomic E-state index is 0.224. The lowest BCUT2D eigenvalue weighted by atomic mass is 9.95. The summed E-state index contributed by atoms with van der Waals surface area (Å²) in [5, 5.41) is 10.4. The van der Waals surface area contributed by atoms with Crippen LogP contribution >= 0.6 is 23.6 Å². The summed E-state index contributed by atoms with van der Waals surface area (Å²) >= 11 is 7.49. The fourth-order valence-electron chi connectivity index (χ4n) is 3.95. The van der Waals surface area contributed by atoms with Crippen LogP contribution in [0.25, 0.3) is 17.0 Å². The molecule has 0 saturated carbocycles. The maximum atomic E-state index is 13.3. The van der Waals surface area contributed by atoms with Gasteiger partial charge in [0.05, 0.1) is 11.6 Å². The van der Waals surface area contributed by atoms with Gasteiger partial charge in [0.1, 0.15) is 5.82 Å². The molecule has 0 bridgehead atoms. The Bertz CT molecular complexity index is 1280. The molecule has 1 N–H and O–H groups in total. The Labute approximate surface area is 200 Å². The molecule has 2 aromatic heterocycles. The fourth-order valence-corrected chi connectivity index (χ4v) is 4.99. The van der Waals surface area contributed by atoms with E-state index in [1.807, 2.05) is 37.3 Å². The van der Waals surface area contributed by atoms with Gasteiger partial charge in [-0.1, -0.05) is 41.6 Å². The van der Waals surface area contributed by atoms with Crippen molar-refractivity contribution in [3.8, 4) is 11.4 Å². The van der Waals surface area contributed by atoms with Crippen LogP contribution in [0.4, 0.5) is 4.39 Å². The van der Waals surface area contributed by atoms with E-state index in [2.05, 4.69) is 37.9 Å². The van der Waals surface area contributed by atoms with Crippen molar-refractivity contribution in [2.24, 2.45) is 0 Å². The molecule has 0 fully saturated rings. The lowest BCUT2D eigenvalue weighted by molar-refractivity contribution is 0.397. The number of hydrogen-bond donors (Lipinski definition) is 1. The summed E-state index contributed by atoms with van der Waals surface area (Å²) in [6.07, 6.45) is 0.880. The molecule has 5 nitrogen and oxygen atoms in total. The Kier molecular flexibility index (Phi) is 6.02. The van der Waals surface area contributed by atoms with Gasteiger partial charge in [-0.05, 0) is 66.8 Å². The normalized spacial score (nSPS) is 16.2. The van der Waals surface area contributed by atoms with Crippen LogP contribution in [0.5, 0.6) is 0 Å². The summed E-state index contributed by atoms with van der Waals surface area (Å²) in [7, 11) is 0. The van der Waals surface area contributed by atoms with E-state index in [0.717, 1.165) is 29.8 Å². The molecular weight excluding hydrogens is 455 g/mol. The number of rotatable bonds is 6. The van der Waals surface area contributed by atoms with E-state index in [4.69, 9.17) is 16.7 Å². The first-order chi connectivity index (χ1) is 16.1. The molecule has 2 aromatic carbocycles. The van der Waals surface area contributed by atoms with Crippen LogP contribution in [-0.2, 0) is 6.42 Å². The molecule has 0 saturated heterocycles. The van der Waals surface area contributed by atoms with Crippen molar-refractivity contribution in [1.29, 1.82) is 0 Å². The van der Waals surface area contributed by atoms with Crippen molar-refractivity contribution in [3.63, 3.8) is 0 Å². The molecule has 0 amide bonds. The number of aromatic nitrogens is 2. The van der Waals surface area contributed by atoms with E-state index in [0.29, 0.717) is 22.4 Å². The van der Waals surface area contributed by atoms with Crippen LogP contribution in [0.1, 0.15) is 29.3 Å². The lowest BCUT2D eigenvalue weighted by Crippen LogP contribution is -2.46. The van der Waals surface area contributed by atoms with Gasteiger partial charge in [-0.2, -0.15) is 4.98 Å². The van der Waals surface area contributed by atoms with Crippen LogP contribution in [0.3, 0.4) is 0 Å². The van der Waals surface area contributed by atoms with E-state index in [9.17, 15) is 4.39 Å². The molecule has 33 heavy (non-hydrogen) atoms. The van der Waals surface area contributed by atoms with Crippen LogP contribution in [-0.4, -0.2) is 26.7 Å². The van der Waals surface area contributed by atoms with Gasteiger partial charge < -0.3 is 14.7 Å². The number of nitrogens with zero attached hydrogens (tertiary/aromatic N) is 3. The van der Waals surface area contributed by atoms with Crippen molar-refractivity contribution in [1.82, 2.24) is 20.4 Å². The molecule has 4 aromatic rings. The van der Waals surface area contributed by atoms with E-state index in [-0.39, 0.29) is 11.9 Å². The average molecular weight is 477 g/mol. The molecule has 0 aliphatic carbocycles. The molecule has 8 heteroatoms. The number of hydrogen-bond acceptors (Lipinski definition) is 5. The monoisotopic (exact) mass is 476 g/mol. The van der Waals surface area contributed by atoms with Crippen LogP contribution < -0.4 is 5.32 Å². The Morgan fingerprint density at radius 2 is 1.88 bits per heavy atom. The van der Waals surface area contributed by atoms with Crippen LogP contribution in [0.2, 0.25) is 0 Å². The second kappa shape index (κ2) is 9.25. The van der Waals surface area contributed by atoms with E-state index in [1.165, 1.54) is 17.0 Å². The number of thiophene rings is 1. The number of thiocarbonyl (C=S) groups is 1. The van der Waals surface area contributed by atoms with Crippen LogP contribution in [0, 0.1) is 5.82 Å². The van der Waals surface area contributed by atoms with Crippen molar-refractivity contribution in [3.05, 3.63) is 100.0 Å². The highest BCUT2D eigenvalue weighted by Crippen LogP contribution is 2.37. The van der Waals surface area contributed by atoms with Crippen molar-refractivity contribution in [2.75, 3.05) is 6.54 Å². The van der Waals surface area contributed by atoms with Gasteiger partial charge in [0, 0.05) is 22.7 Å². The van der Waals surface area contributed by atoms with Crippen molar-refractivity contribution < 1.29 is 8.91 Å². The minimum Gasteiger partial charge on any atom is -0.351 e. The largest absolute Gasteiger partial charge is 0.351 e. The second-order valence-electron chi connectivity index (χ2n) is 7.70. The third-order valence-electron chi connectivity index (χ3n) is 5.65. The van der Waals surface area contributed by atoms with Crippen molar-refractivity contribution in [2.45, 2.75) is 19.4 Å². The van der Waals surface area contributed by atoms with Gasteiger partial charge in [-0.3, -0.25) is 0 Å². The highest BCUT2D eigenvalue weighted by molar-refractivity contribution is 7.80. The zero-order valence-corrected chi connectivity index (χ0v) is 19.5. The highest BCUT2D eigenvalue weighted by Gasteiger charge is 2.33. The number of halogens is 1. The topological polar surface area (TPSA) is 54.2 Å². The third-order valence-corrected chi connectivity index (χ3v) is 6.92. The molecule has 1 aliphatic rings. The molecule has 3 heterocycles. The molecule has 1 aliphatic heterocycles. The Balaban J connectivity index is 1.54. The molecule has 166 valence electrons. The first-order valence-electron chi connectivity index (χ1n) is 10.6. The quantitative estimate of drug-likeness (QED) is 0.353. The predicted molar refractivity (Wildman–Crippen MR) is 132 cm³/mol. The van der Waals surface area contributed by atoms with E-state index >= 15 is 0 Å². The zero-order chi connectivity index (χ0) is 22.8. The number of nitrogens with one attached hydrogen (secondary N) is 1. The van der Waals surface area contributed by atoms with E-state index < -0.39 is 0 Å². The van der Waals surface area contributed by atoms with Gasteiger partial charge in [-0.25, -0.2) is 4.39 Å². The van der Waals surface area contributed by atoms with Gasteiger partial charge in [-0.15, -0.1) is 11.3 Å². The Morgan fingerprint density at radius 3 is 2.61 bits per heavy atom. The third kappa shape index (κ3) is 4.44. The number of benzene rings is 2. The van der Waals surface area contributed by atoms with Crippen molar-refractivity contribution >= 4 is 34.2 Å². The first kappa shape index (κ1) is 21.5. The minimum atomic E-state index is -0.309. The molecule has 1 unspecified atom stereocenters. The van der Waals surface area contributed by atoms with Gasteiger partial charge in [0.15, 0.2) is 5.11 Å². The average Bonchev–Trinajstić information content (AvgIpc) is 3.52. The smallest absolute Gasteiger partial charge is 0.258 e. The standard InChI is InChI=1S/C25H21FN4OS2/c1-16-21(24-28-23(29-31-24)18-9-11-19(26)12-10-18)22(17-6-3-2-4-7-17)27-25(32)30(16)14-13-20-8-5-15-33-20/h2-12,15,22H,13-14H2,1H3,(H,27,32). The summed E-state index contributed by atoms with van der Waals surface area (Å²) in [5.74, 6) is 0.517. The maximum absolute atomic E-state index is 13.3. The summed E-state index contributed by atoms with van der Waals surface area (Å²) in [4.78, 5) is 8.05. The predicted octanol–water partition coefficient (Wildman–Crippen LogP) is 5.84. The summed E-state index contributed by atoms with van der Waals surface area (Å²) in [6, 6.07) is 20.1. The zero-order valence-electron chi connectivity index (χ0n) is 17.9. The van der Waals surface area contributed by atoms with Gasteiger partial charge in [0.2, 0.25) is 5.82 Å². The number of allylic oxidation sites excluding steroid dienone is 1. The second-order valence-corrected chi connectivity index (χ2v) is 9.12. The molecular formula is C25H21FN4OS2. The summed E-state index contributed by atoms with van der Waals surface area (Å²) in [5.41, 5.74) is 3.59. The highest BCUT2D eigenvalue weighted by atomic mass is 32.1. The van der Waals surface area contributed by atoms with Crippen LogP contribution in [0.15, 0.2) is 82.3 Å². The summed E-state index contributed by atoms with van der Waals surface area (Å²) < 4.78 is 19.1. The lowest BCUT2D eigenvalue weighted by Gasteiger charge is -2.37. The van der Waals surface area contributed by atoms with E-state index in [1.54, 1.807) is 23.5 Å². The first-order valence-corrected chi connectivity index (χ1v) is 11.8. The molecule has 0 spiro atoms.